The molecule has 0 spiro atoms. The molecule has 0 bridgehead atoms. The number of carbonyl (C=O) groups is 1. The van der Waals surface area contributed by atoms with E-state index in [1.807, 2.05) is 14.1 Å². The van der Waals surface area contributed by atoms with Crippen molar-refractivity contribution in [1.29, 1.82) is 0 Å². The van der Waals surface area contributed by atoms with Gasteiger partial charge in [-0.25, -0.2) is 9.18 Å². The molecule has 19 heavy (non-hydrogen) atoms. The van der Waals surface area contributed by atoms with Crippen LogP contribution in [0.3, 0.4) is 0 Å². The summed E-state index contributed by atoms with van der Waals surface area (Å²) >= 11 is 0. The number of carboxylic acid groups (broad SMARTS) is 1. The lowest BCUT2D eigenvalue weighted by Crippen LogP contribution is -2.18. The van der Waals surface area contributed by atoms with Gasteiger partial charge in [-0.1, -0.05) is 6.07 Å². The largest absolute Gasteiger partial charge is 0.478 e. The molecule has 4 nitrogen and oxygen atoms in total. The summed E-state index contributed by atoms with van der Waals surface area (Å²) in [4.78, 5) is 12.8. The first kappa shape index (κ1) is 15.6. The van der Waals surface area contributed by atoms with Crippen molar-refractivity contribution in [2.45, 2.75) is 19.4 Å². The van der Waals surface area contributed by atoms with E-state index < -0.39 is 11.8 Å². The SMILES string of the molecule is CN(C)CCCCNCc1ccc(C(=O)O)c(F)c1. The minimum Gasteiger partial charge on any atom is -0.478 e. The van der Waals surface area contributed by atoms with Crippen molar-refractivity contribution in [3.63, 3.8) is 0 Å². The van der Waals surface area contributed by atoms with Gasteiger partial charge in [0.15, 0.2) is 0 Å². The second-order valence-electron chi connectivity index (χ2n) is 4.81. The van der Waals surface area contributed by atoms with Crippen LogP contribution < -0.4 is 5.32 Å². The van der Waals surface area contributed by atoms with E-state index in [4.69, 9.17) is 5.11 Å². The van der Waals surface area contributed by atoms with Crippen LogP contribution >= 0.6 is 0 Å². The third-order valence-corrected chi connectivity index (χ3v) is 2.80. The minimum absolute atomic E-state index is 0.283. The maximum Gasteiger partial charge on any atom is 0.338 e. The number of unbranched alkanes of at least 4 members (excludes halogenated alkanes) is 1. The molecule has 0 aliphatic carbocycles. The Labute approximate surface area is 113 Å². The fraction of sp³-hybridized carbons (Fsp3) is 0.500. The lowest BCUT2D eigenvalue weighted by atomic mass is 10.1. The first-order chi connectivity index (χ1) is 9.00. The number of hydrogen-bond donors (Lipinski definition) is 2. The first-order valence-corrected chi connectivity index (χ1v) is 6.38. The fourth-order valence-corrected chi connectivity index (χ4v) is 1.75. The number of carboxylic acids is 1. The number of nitrogens with one attached hydrogen (secondary N) is 1. The Hall–Kier alpha value is -1.46. The van der Waals surface area contributed by atoms with Gasteiger partial charge in [-0.2, -0.15) is 0 Å². The summed E-state index contributed by atoms with van der Waals surface area (Å²) in [5.41, 5.74) is 0.477. The topological polar surface area (TPSA) is 52.6 Å². The molecule has 0 atom stereocenters. The van der Waals surface area contributed by atoms with Crippen LogP contribution in [0.5, 0.6) is 0 Å². The van der Waals surface area contributed by atoms with Crippen LogP contribution in [0.15, 0.2) is 18.2 Å². The van der Waals surface area contributed by atoms with Crippen molar-refractivity contribution in [2.75, 3.05) is 27.2 Å². The van der Waals surface area contributed by atoms with Gasteiger partial charge >= 0.3 is 5.97 Å². The molecule has 1 aromatic rings. The molecule has 106 valence electrons. The minimum atomic E-state index is -1.24. The first-order valence-electron chi connectivity index (χ1n) is 6.38. The average Bonchev–Trinajstić information content (AvgIpc) is 2.32. The summed E-state index contributed by atoms with van der Waals surface area (Å²) in [6.45, 7) is 2.48. The number of benzene rings is 1. The van der Waals surface area contributed by atoms with Crippen molar-refractivity contribution in [1.82, 2.24) is 10.2 Å². The number of aromatic carboxylic acids is 1. The van der Waals surface area contributed by atoms with E-state index >= 15 is 0 Å². The quantitative estimate of drug-likeness (QED) is 0.708. The summed E-state index contributed by atoms with van der Waals surface area (Å²) in [6, 6.07) is 4.22. The van der Waals surface area contributed by atoms with Gasteiger partial charge in [-0.05, 0) is 57.7 Å². The molecular formula is C14H21FN2O2. The third kappa shape index (κ3) is 5.81. The van der Waals surface area contributed by atoms with E-state index in [2.05, 4.69) is 10.2 Å². The molecule has 0 heterocycles. The Morgan fingerprint density at radius 1 is 1.37 bits per heavy atom. The van der Waals surface area contributed by atoms with Gasteiger partial charge in [-0.15, -0.1) is 0 Å². The van der Waals surface area contributed by atoms with Crippen molar-refractivity contribution in [2.24, 2.45) is 0 Å². The highest BCUT2D eigenvalue weighted by Gasteiger charge is 2.09. The summed E-state index contributed by atoms with van der Waals surface area (Å²) in [7, 11) is 4.08. The molecule has 0 aliphatic heterocycles. The zero-order chi connectivity index (χ0) is 14.3. The fourth-order valence-electron chi connectivity index (χ4n) is 1.75. The number of rotatable bonds is 8. The molecule has 0 amide bonds. The summed E-state index contributed by atoms with van der Waals surface area (Å²) in [5.74, 6) is -1.92. The van der Waals surface area contributed by atoms with Crippen molar-refractivity contribution in [3.05, 3.63) is 35.1 Å². The van der Waals surface area contributed by atoms with Gasteiger partial charge in [0.05, 0.1) is 5.56 Å². The van der Waals surface area contributed by atoms with Gasteiger partial charge in [0.25, 0.3) is 0 Å². The van der Waals surface area contributed by atoms with Crippen molar-refractivity contribution >= 4 is 5.97 Å². The summed E-state index contributed by atoms with van der Waals surface area (Å²) in [6.07, 6.45) is 2.18. The summed E-state index contributed by atoms with van der Waals surface area (Å²) in [5, 5.41) is 11.9. The third-order valence-electron chi connectivity index (χ3n) is 2.80. The van der Waals surface area contributed by atoms with Gasteiger partial charge in [0.2, 0.25) is 0 Å². The van der Waals surface area contributed by atoms with E-state index in [0.29, 0.717) is 6.54 Å². The van der Waals surface area contributed by atoms with E-state index in [0.717, 1.165) is 31.5 Å². The van der Waals surface area contributed by atoms with Crippen LogP contribution in [-0.4, -0.2) is 43.2 Å². The van der Waals surface area contributed by atoms with Crippen molar-refractivity contribution < 1.29 is 14.3 Å². The van der Waals surface area contributed by atoms with E-state index in [9.17, 15) is 9.18 Å². The van der Waals surface area contributed by atoms with Crippen molar-refractivity contribution in [3.8, 4) is 0 Å². The average molecular weight is 268 g/mol. The molecule has 0 aromatic heterocycles. The van der Waals surface area contributed by atoms with Crippen LogP contribution in [0.2, 0.25) is 0 Å². The van der Waals surface area contributed by atoms with Crippen LogP contribution in [0.4, 0.5) is 4.39 Å². The molecule has 2 N–H and O–H groups in total. The van der Waals surface area contributed by atoms with Crippen LogP contribution in [-0.2, 0) is 6.54 Å². The Bertz CT molecular complexity index is 422. The lowest BCUT2D eigenvalue weighted by Gasteiger charge is -2.09. The highest BCUT2D eigenvalue weighted by atomic mass is 19.1. The molecule has 0 saturated heterocycles. The Morgan fingerprint density at radius 3 is 2.68 bits per heavy atom. The zero-order valence-electron chi connectivity index (χ0n) is 11.4. The van der Waals surface area contributed by atoms with Gasteiger partial charge in [0, 0.05) is 6.54 Å². The summed E-state index contributed by atoms with van der Waals surface area (Å²) < 4.78 is 13.4. The molecule has 5 heteroatoms. The van der Waals surface area contributed by atoms with Gasteiger partial charge in [-0.3, -0.25) is 0 Å². The van der Waals surface area contributed by atoms with E-state index in [-0.39, 0.29) is 5.56 Å². The van der Waals surface area contributed by atoms with Crippen LogP contribution in [0.25, 0.3) is 0 Å². The smallest absolute Gasteiger partial charge is 0.338 e. The van der Waals surface area contributed by atoms with Crippen LogP contribution in [0, 0.1) is 5.82 Å². The molecule has 0 unspecified atom stereocenters. The number of nitrogens with zero attached hydrogens (tertiary/aromatic N) is 1. The molecule has 0 aliphatic rings. The lowest BCUT2D eigenvalue weighted by molar-refractivity contribution is 0.0692. The molecule has 0 radical (unpaired) electrons. The Balaban J connectivity index is 2.30. The van der Waals surface area contributed by atoms with E-state index in [1.165, 1.54) is 12.1 Å². The molecule has 1 aromatic carbocycles. The Morgan fingerprint density at radius 2 is 2.11 bits per heavy atom. The number of halogens is 1. The van der Waals surface area contributed by atoms with Crippen LogP contribution in [0.1, 0.15) is 28.8 Å². The second-order valence-corrected chi connectivity index (χ2v) is 4.81. The standard InChI is InChI=1S/C14H21FN2O2/c1-17(2)8-4-3-7-16-10-11-5-6-12(14(18)19)13(15)9-11/h5-6,9,16H,3-4,7-8,10H2,1-2H3,(H,18,19). The van der Waals surface area contributed by atoms with E-state index in [1.54, 1.807) is 6.07 Å². The molecule has 0 saturated carbocycles. The monoisotopic (exact) mass is 268 g/mol. The molecular weight excluding hydrogens is 247 g/mol. The van der Waals surface area contributed by atoms with Gasteiger partial charge in [0.1, 0.15) is 5.82 Å². The normalized spacial score (nSPS) is 10.9. The molecule has 1 rings (SSSR count). The maximum atomic E-state index is 13.4. The zero-order valence-corrected chi connectivity index (χ0v) is 11.4. The Kier molecular flexibility index (Phi) is 6.45. The molecule has 0 fully saturated rings. The predicted octanol–water partition coefficient (Wildman–Crippen LogP) is 1.96. The second kappa shape index (κ2) is 7.86. The maximum absolute atomic E-state index is 13.4. The highest BCUT2D eigenvalue weighted by molar-refractivity contribution is 5.87. The number of hydrogen-bond acceptors (Lipinski definition) is 3. The van der Waals surface area contributed by atoms with Gasteiger partial charge < -0.3 is 15.3 Å². The predicted molar refractivity (Wildman–Crippen MR) is 72.9 cm³/mol. The highest BCUT2D eigenvalue weighted by Crippen LogP contribution is 2.10.